The fraction of sp³-hybridized carbons (Fsp3) is 0.323. The number of rotatable bonds is 9. The Morgan fingerprint density at radius 3 is 2.63 bits per heavy atom. The summed E-state index contributed by atoms with van der Waals surface area (Å²) in [6, 6.07) is 20.9. The highest BCUT2D eigenvalue weighted by molar-refractivity contribution is 5.92. The lowest BCUT2D eigenvalue weighted by atomic mass is 10.1. The Morgan fingerprint density at radius 2 is 1.85 bits per heavy atom. The topological polar surface area (TPSA) is 106 Å². The summed E-state index contributed by atoms with van der Waals surface area (Å²) in [5, 5.41) is 10.6. The Hall–Kier alpha value is -4.41. The largest absolute Gasteiger partial charge is 0.478 e. The minimum Gasteiger partial charge on any atom is -0.478 e. The maximum Gasteiger partial charge on any atom is 0.335 e. The van der Waals surface area contributed by atoms with Crippen LogP contribution in [0.5, 0.6) is 5.88 Å². The lowest BCUT2D eigenvalue weighted by Crippen LogP contribution is -2.46. The number of hydrogen-bond donors (Lipinski definition) is 1. The molecule has 0 aliphatic carbocycles. The number of pyridine rings is 1. The van der Waals surface area contributed by atoms with Crippen LogP contribution in [0.1, 0.15) is 28.4 Å². The molecular formula is C31H31N5O5. The van der Waals surface area contributed by atoms with E-state index < -0.39 is 5.97 Å². The summed E-state index contributed by atoms with van der Waals surface area (Å²) in [5.41, 5.74) is 2.77. The van der Waals surface area contributed by atoms with Crippen LogP contribution in [-0.4, -0.2) is 69.4 Å². The number of fused-ring (bicyclic) bond motifs is 2. The number of benzene rings is 2. The molecular weight excluding hydrogens is 522 g/mol. The molecule has 7 rings (SSSR count). The third-order valence-electron chi connectivity index (χ3n) is 7.86. The average molecular weight is 554 g/mol. The maximum absolute atomic E-state index is 11.6. The van der Waals surface area contributed by atoms with E-state index in [2.05, 4.69) is 14.4 Å². The first-order chi connectivity index (χ1) is 20.1. The lowest BCUT2D eigenvalue weighted by Gasteiger charge is -2.35. The number of nitrogens with zero attached hydrogens (tertiary/aromatic N) is 5. The number of piperazine rings is 1. The number of carbonyl (C=O) groups is 1. The van der Waals surface area contributed by atoms with Crippen LogP contribution >= 0.6 is 0 Å². The molecule has 210 valence electrons. The summed E-state index contributed by atoms with van der Waals surface area (Å²) < 4.78 is 19.7. The Balaban J connectivity index is 1.00. The van der Waals surface area contributed by atoms with Gasteiger partial charge in [0.25, 0.3) is 0 Å². The molecule has 0 saturated carbocycles. The summed E-state index contributed by atoms with van der Waals surface area (Å²) in [6.45, 7) is 5.83. The summed E-state index contributed by atoms with van der Waals surface area (Å²) in [4.78, 5) is 25.9. The summed E-state index contributed by atoms with van der Waals surface area (Å²) in [5.74, 6) is 2.22. The molecule has 2 aliphatic heterocycles. The van der Waals surface area contributed by atoms with Gasteiger partial charge < -0.3 is 28.5 Å². The van der Waals surface area contributed by atoms with Gasteiger partial charge in [0, 0.05) is 44.2 Å². The van der Waals surface area contributed by atoms with E-state index in [1.165, 1.54) is 0 Å². The van der Waals surface area contributed by atoms with Gasteiger partial charge in [-0.15, -0.1) is 0 Å². The van der Waals surface area contributed by atoms with Gasteiger partial charge in [0.1, 0.15) is 29.6 Å². The molecule has 1 atom stereocenters. The molecule has 3 aromatic heterocycles. The molecule has 5 heterocycles. The first-order valence-corrected chi connectivity index (χ1v) is 14.0. The Labute approximate surface area is 236 Å². The first kappa shape index (κ1) is 25.6. The smallest absolute Gasteiger partial charge is 0.335 e. The highest BCUT2D eigenvalue weighted by atomic mass is 16.5. The number of aromatic nitrogens is 3. The van der Waals surface area contributed by atoms with Crippen LogP contribution in [-0.2, 0) is 24.4 Å². The lowest BCUT2D eigenvalue weighted by molar-refractivity contribution is -0.0592. The number of aromatic carboxylic acids is 1. The molecule has 0 bridgehead atoms. The second kappa shape index (κ2) is 10.9. The number of furan rings is 1. The van der Waals surface area contributed by atoms with Gasteiger partial charge in [0.2, 0.25) is 5.88 Å². The zero-order valence-electron chi connectivity index (χ0n) is 22.6. The molecule has 5 aromatic rings. The molecule has 2 fully saturated rings. The van der Waals surface area contributed by atoms with Crippen molar-refractivity contribution in [3.63, 3.8) is 0 Å². The van der Waals surface area contributed by atoms with Crippen LogP contribution in [0, 0.1) is 0 Å². The van der Waals surface area contributed by atoms with Crippen LogP contribution in [0.15, 0.2) is 71.1 Å². The van der Waals surface area contributed by atoms with Crippen molar-refractivity contribution in [2.75, 3.05) is 37.7 Å². The third-order valence-corrected chi connectivity index (χ3v) is 7.86. The zero-order chi connectivity index (χ0) is 27.8. The van der Waals surface area contributed by atoms with Crippen LogP contribution in [0.4, 0.5) is 5.82 Å². The molecule has 2 saturated heterocycles. The van der Waals surface area contributed by atoms with Gasteiger partial charge in [-0.05, 0) is 42.8 Å². The van der Waals surface area contributed by atoms with Crippen molar-refractivity contribution >= 4 is 33.8 Å². The van der Waals surface area contributed by atoms with Crippen molar-refractivity contribution in [2.45, 2.75) is 32.2 Å². The number of para-hydroxylation sites is 1. The van der Waals surface area contributed by atoms with Gasteiger partial charge in [0.05, 0.1) is 35.8 Å². The van der Waals surface area contributed by atoms with Crippen LogP contribution in [0.25, 0.3) is 22.0 Å². The Kier molecular flexibility index (Phi) is 6.77. The summed E-state index contributed by atoms with van der Waals surface area (Å²) >= 11 is 0. The minimum atomic E-state index is -0.935. The molecule has 1 N–H and O–H groups in total. The van der Waals surface area contributed by atoms with Crippen molar-refractivity contribution in [3.8, 4) is 5.88 Å². The molecule has 0 amide bonds. The first-order valence-electron chi connectivity index (χ1n) is 14.0. The van der Waals surface area contributed by atoms with Crippen LogP contribution in [0.3, 0.4) is 0 Å². The fourth-order valence-corrected chi connectivity index (χ4v) is 5.51. The highest BCUT2D eigenvalue weighted by Crippen LogP contribution is 2.25. The van der Waals surface area contributed by atoms with E-state index in [0.717, 1.165) is 78.6 Å². The molecule has 0 radical (unpaired) electrons. The van der Waals surface area contributed by atoms with Crippen molar-refractivity contribution in [1.82, 2.24) is 19.4 Å². The molecule has 41 heavy (non-hydrogen) atoms. The van der Waals surface area contributed by atoms with Crippen LogP contribution in [0.2, 0.25) is 0 Å². The third kappa shape index (κ3) is 5.36. The monoisotopic (exact) mass is 553 g/mol. The molecule has 10 nitrogen and oxygen atoms in total. The standard InChI is InChI=1S/C31H31N5O5/c37-31(38)22-8-9-25-26(17-22)36(18-23-10-15-39-23)29(32-25)19-34-11-13-35(14-12-34)28-6-3-7-30(33-28)40-20-24-16-21-4-1-2-5-27(21)41-24/h1-9,16-17,23H,10-15,18-20H2,(H,37,38). The maximum atomic E-state index is 11.6. The van der Waals surface area contributed by atoms with Gasteiger partial charge in [-0.3, -0.25) is 4.90 Å². The Morgan fingerprint density at radius 1 is 1.00 bits per heavy atom. The number of imidazole rings is 1. The predicted molar refractivity (Wildman–Crippen MR) is 153 cm³/mol. The second-order valence-corrected chi connectivity index (χ2v) is 10.6. The summed E-state index contributed by atoms with van der Waals surface area (Å²) in [6.07, 6.45) is 1.15. The van der Waals surface area contributed by atoms with E-state index in [9.17, 15) is 9.90 Å². The second-order valence-electron chi connectivity index (χ2n) is 10.6. The van der Waals surface area contributed by atoms with E-state index in [1.54, 1.807) is 18.2 Å². The quantitative estimate of drug-likeness (QED) is 0.281. The van der Waals surface area contributed by atoms with E-state index in [4.69, 9.17) is 23.9 Å². The van der Waals surface area contributed by atoms with Crippen molar-refractivity contribution in [2.24, 2.45) is 0 Å². The molecule has 1 unspecified atom stereocenters. The Bertz CT molecular complexity index is 1670. The summed E-state index contributed by atoms with van der Waals surface area (Å²) in [7, 11) is 0. The van der Waals surface area contributed by atoms with Crippen molar-refractivity contribution < 1.29 is 23.8 Å². The van der Waals surface area contributed by atoms with Crippen molar-refractivity contribution in [3.05, 3.63) is 83.9 Å². The fourth-order valence-electron chi connectivity index (χ4n) is 5.51. The van der Waals surface area contributed by atoms with Gasteiger partial charge in [0.15, 0.2) is 0 Å². The van der Waals surface area contributed by atoms with Crippen LogP contribution < -0.4 is 9.64 Å². The predicted octanol–water partition coefficient (Wildman–Crippen LogP) is 4.57. The van der Waals surface area contributed by atoms with E-state index in [0.29, 0.717) is 25.6 Å². The number of hydrogen-bond acceptors (Lipinski definition) is 8. The normalized spacial score (nSPS) is 17.7. The van der Waals surface area contributed by atoms with Gasteiger partial charge in [-0.2, -0.15) is 4.98 Å². The van der Waals surface area contributed by atoms with Gasteiger partial charge in [-0.1, -0.05) is 24.3 Å². The van der Waals surface area contributed by atoms with Gasteiger partial charge in [-0.25, -0.2) is 9.78 Å². The van der Waals surface area contributed by atoms with Gasteiger partial charge >= 0.3 is 5.97 Å². The average Bonchev–Trinajstić information content (AvgIpc) is 3.54. The molecule has 10 heteroatoms. The SMILES string of the molecule is O=C(O)c1ccc2nc(CN3CCN(c4cccc(OCc5cc6ccccc6o5)n4)CC3)n(CC3CCO3)c2c1. The minimum absolute atomic E-state index is 0.142. The van der Waals surface area contributed by atoms with E-state index >= 15 is 0 Å². The number of carboxylic acid groups (broad SMARTS) is 1. The highest BCUT2D eigenvalue weighted by Gasteiger charge is 2.25. The zero-order valence-corrected chi connectivity index (χ0v) is 22.6. The van der Waals surface area contributed by atoms with Crippen molar-refractivity contribution in [1.29, 1.82) is 0 Å². The number of ether oxygens (including phenoxy) is 2. The molecule has 0 spiro atoms. The molecule has 2 aromatic carbocycles. The van der Waals surface area contributed by atoms with E-state index in [1.807, 2.05) is 48.5 Å². The van der Waals surface area contributed by atoms with E-state index in [-0.39, 0.29) is 11.7 Å². The number of anilines is 1. The number of carboxylic acids is 1. The molecule has 2 aliphatic rings.